The quantitative estimate of drug-likeness (QED) is 0.719. The van der Waals surface area contributed by atoms with Crippen LogP contribution in [0.4, 0.5) is 10.6 Å². The molecule has 3 rings (SSSR count). The van der Waals surface area contributed by atoms with E-state index < -0.39 is 18.1 Å². The average molecular weight is 470 g/mol. The second-order valence-corrected chi connectivity index (χ2v) is 7.35. The number of carbonyl (C=O) groups excluding carboxylic acids is 2. The molecule has 1 aliphatic heterocycles. The number of hydrogen-bond donors (Lipinski definition) is 1. The molecule has 8 heteroatoms. The monoisotopic (exact) mass is 468 g/mol. The number of H-pyrrole nitrogens is 1. The maximum Gasteiger partial charge on any atom is 0.423 e. The molecular formula is C17H14Br2N2O4. The Morgan fingerprint density at radius 2 is 1.64 bits per heavy atom. The van der Waals surface area contributed by atoms with Gasteiger partial charge in [-0.3, -0.25) is 9.59 Å². The molecule has 1 fully saturated rings. The van der Waals surface area contributed by atoms with Crippen LogP contribution >= 0.6 is 31.9 Å². The topological polar surface area (TPSA) is 79.5 Å². The van der Waals surface area contributed by atoms with Crippen molar-refractivity contribution in [3.8, 4) is 0 Å². The largest absolute Gasteiger partial charge is 0.430 e. The Bertz CT molecular complexity index is 939. The third-order valence-corrected chi connectivity index (χ3v) is 6.61. The van der Waals surface area contributed by atoms with Gasteiger partial charge in [-0.25, -0.2) is 4.79 Å². The minimum Gasteiger partial charge on any atom is -0.430 e. The van der Waals surface area contributed by atoms with Gasteiger partial charge in [-0.1, -0.05) is 31.9 Å². The molecule has 0 bridgehead atoms. The SMILES string of the molecule is Cc1c(Br)c(C)c(C2OC(=O)N(c3cc(=O)cc[nH]3)C2=O)c(C)c1Br. The van der Waals surface area contributed by atoms with Crippen LogP contribution in [0.2, 0.25) is 0 Å². The first kappa shape index (κ1) is 17.9. The van der Waals surface area contributed by atoms with Crippen molar-refractivity contribution in [2.24, 2.45) is 0 Å². The van der Waals surface area contributed by atoms with Crippen LogP contribution in [0.15, 0.2) is 32.1 Å². The third-order valence-electron chi connectivity index (χ3n) is 4.23. The molecule has 1 saturated heterocycles. The lowest BCUT2D eigenvalue weighted by atomic mass is 9.95. The molecule has 6 nitrogen and oxygen atoms in total. The number of ether oxygens (including phenoxy) is 1. The number of aromatic amines is 1. The van der Waals surface area contributed by atoms with E-state index in [0.29, 0.717) is 5.56 Å². The van der Waals surface area contributed by atoms with E-state index in [2.05, 4.69) is 36.8 Å². The van der Waals surface area contributed by atoms with Crippen LogP contribution in [0.3, 0.4) is 0 Å². The summed E-state index contributed by atoms with van der Waals surface area (Å²) in [5.74, 6) is -0.453. The molecule has 0 saturated carbocycles. The Morgan fingerprint density at radius 1 is 1.04 bits per heavy atom. The van der Waals surface area contributed by atoms with Crippen LogP contribution in [0.1, 0.15) is 28.4 Å². The Kier molecular flexibility index (Phi) is 4.59. The maximum absolute atomic E-state index is 12.9. The van der Waals surface area contributed by atoms with Crippen LogP contribution in [-0.2, 0) is 9.53 Å². The zero-order valence-electron chi connectivity index (χ0n) is 13.6. The number of amides is 2. The number of nitrogens with one attached hydrogen (secondary N) is 1. The highest BCUT2D eigenvalue weighted by atomic mass is 79.9. The van der Waals surface area contributed by atoms with Crippen molar-refractivity contribution in [1.29, 1.82) is 0 Å². The van der Waals surface area contributed by atoms with Crippen LogP contribution < -0.4 is 10.3 Å². The van der Waals surface area contributed by atoms with Crippen molar-refractivity contribution in [3.63, 3.8) is 0 Å². The second kappa shape index (κ2) is 6.42. The molecular weight excluding hydrogens is 456 g/mol. The Morgan fingerprint density at radius 3 is 2.20 bits per heavy atom. The van der Waals surface area contributed by atoms with E-state index in [1.165, 1.54) is 18.3 Å². The zero-order chi connectivity index (χ0) is 18.5. The Balaban J connectivity index is 2.12. The van der Waals surface area contributed by atoms with Gasteiger partial charge >= 0.3 is 6.09 Å². The average Bonchev–Trinajstić information content (AvgIpc) is 2.86. The number of aromatic nitrogens is 1. The highest BCUT2D eigenvalue weighted by molar-refractivity contribution is 9.11. The van der Waals surface area contributed by atoms with Crippen LogP contribution in [0.25, 0.3) is 0 Å². The van der Waals surface area contributed by atoms with Gasteiger partial charge in [-0.2, -0.15) is 4.90 Å². The van der Waals surface area contributed by atoms with Gasteiger partial charge in [0.25, 0.3) is 5.91 Å². The molecule has 1 unspecified atom stereocenters. The minimum absolute atomic E-state index is 0.0885. The predicted octanol–water partition coefficient (Wildman–Crippen LogP) is 4.05. The Hall–Kier alpha value is -1.93. The molecule has 25 heavy (non-hydrogen) atoms. The van der Waals surface area contributed by atoms with Gasteiger partial charge in [0.15, 0.2) is 5.43 Å². The second-order valence-electron chi connectivity index (χ2n) is 5.76. The van der Waals surface area contributed by atoms with Crippen LogP contribution in [-0.4, -0.2) is 17.0 Å². The standard InChI is InChI=1S/C17H14Br2N2O4/c1-7-12(8(2)14(19)9(3)13(7)18)15-16(23)21(17(24)25-15)11-6-10(22)4-5-20-11/h4-6,15H,1-3H3,(H,20,22). The number of halogens is 2. The van der Waals surface area contributed by atoms with E-state index in [9.17, 15) is 14.4 Å². The van der Waals surface area contributed by atoms with E-state index >= 15 is 0 Å². The molecule has 0 aliphatic carbocycles. The fraction of sp³-hybridized carbons (Fsp3) is 0.235. The van der Waals surface area contributed by atoms with Gasteiger partial charge in [0.1, 0.15) is 5.82 Å². The van der Waals surface area contributed by atoms with Crippen LogP contribution in [0, 0.1) is 20.8 Å². The van der Waals surface area contributed by atoms with Gasteiger partial charge < -0.3 is 9.72 Å². The van der Waals surface area contributed by atoms with Gasteiger partial charge in [0.05, 0.1) is 0 Å². The van der Waals surface area contributed by atoms with Crippen molar-refractivity contribution in [2.45, 2.75) is 26.9 Å². The van der Waals surface area contributed by atoms with Gasteiger partial charge in [0.2, 0.25) is 6.10 Å². The van der Waals surface area contributed by atoms with E-state index in [1.807, 2.05) is 20.8 Å². The summed E-state index contributed by atoms with van der Waals surface area (Å²) in [5.41, 5.74) is 2.97. The van der Waals surface area contributed by atoms with Crippen LogP contribution in [0.5, 0.6) is 0 Å². The number of nitrogens with zero attached hydrogens (tertiary/aromatic N) is 1. The summed E-state index contributed by atoms with van der Waals surface area (Å²) >= 11 is 7.05. The maximum atomic E-state index is 12.9. The van der Waals surface area contributed by atoms with E-state index in [0.717, 1.165) is 30.5 Å². The first-order valence-electron chi connectivity index (χ1n) is 7.42. The van der Waals surface area contributed by atoms with Crippen molar-refractivity contribution in [1.82, 2.24) is 4.98 Å². The number of cyclic esters (lactones) is 1. The summed E-state index contributed by atoms with van der Waals surface area (Å²) in [7, 11) is 0. The molecule has 130 valence electrons. The third kappa shape index (κ3) is 2.83. The lowest BCUT2D eigenvalue weighted by molar-refractivity contribution is -0.122. The number of hydrogen-bond acceptors (Lipinski definition) is 4. The number of rotatable bonds is 2. The normalized spacial score (nSPS) is 17.2. The smallest absolute Gasteiger partial charge is 0.423 e. The number of pyridine rings is 1. The number of carbonyl (C=O) groups is 2. The molecule has 1 aliphatic rings. The highest BCUT2D eigenvalue weighted by Crippen LogP contribution is 2.41. The van der Waals surface area contributed by atoms with E-state index in [4.69, 9.17) is 4.74 Å². The highest BCUT2D eigenvalue weighted by Gasteiger charge is 2.44. The number of imide groups is 1. The van der Waals surface area contributed by atoms with Crippen molar-refractivity contribution < 1.29 is 14.3 Å². The number of benzene rings is 1. The molecule has 1 N–H and O–H groups in total. The summed E-state index contributed by atoms with van der Waals surface area (Å²) in [6.07, 6.45) is -0.505. The van der Waals surface area contributed by atoms with Gasteiger partial charge in [-0.05, 0) is 37.5 Å². The Labute approximate surface area is 160 Å². The molecule has 2 aromatic rings. The van der Waals surface area contributed by atoms with Crippen molar-refractivity contribution >= 4 is 49.7 Å². The molecule has 0 radical (unpaired) electrons. The molecule has 2 amide bonds. The summed E-state index contributed by atoms with van der Waals surface area (Å²) in [5, 5.41) is 0. The summed E-state index contributed by atoms with van der Waals surface area (Å²) in [6, 6.07) is 2.48. The first-order valence-corrected chi connectivity index (χ1v) is 9.00. The van der Waals surface area contributed by atoms with Gasteiger partial charge in [0, 0.05) is 32.8 Å². The fourth-order valence-corrected chi connectivity index (χ4v) is 4.03. The summed E-state index contributed by atoms with van der Waals surface area (Å²) in [4.78, 5) is 40.3. The molecule has 0 spiro atoms. The van der Waals surface area contributed by atoms with E-state index in [-0.39, 0.29) is 11.2 Å². The molecule has 1 aromatic heterocycles. The summed E-state index contributed by atoms with van der Waals surface area (Å²) in [6.45, 7) is 5.67. The lowest BCUT2D eigenvalue weighted by Crippen LogP contribution is -2.31. The van der Waals surface area contributed by atoms with Gasteiger partial charge in [-0.15, -0.1) is 0 Å². The first-order chi connectivity index (χ1) is 11.7. The minimum atomic E-state index is -1.07. The predicted molar refractivity (Wildman–Crippen MR) is 99.8 cm³/mol. The van der Waals surface area contributed by atoms with E-state index in [1.54, 1.807) is 0 Å². The molecule has 1 atom stereocenters. The zero-order valence-corrected chi connectivity index (χ0v) is 16.8. The van der Waals surface area contributed by atoms with Crippen molar-refractivity contribution in [3.05, 3.63) is 59.8 Å². The summed E-state index contributed by atoms with van der Waals surface area (Å²) < 4.78 is 7.04. The number of anilines is 1. The lowest BCUT2D eigenvalue weighted by Gasteiger charge is -2.19. The van der Waals surface area contributed by atoms with Crippen molar-refractivity contribution in [2.75, 3.05) is 4.90 Å². The fourth-order valence-electron chi connectivity index (χ4n) is 2.94. The molecule has 2 heterocycles. The molecule has 1 aromatic carbocycles.